The Bertz CT molecular complexity index is 1210. The second-order valence-electron chi connectivity index (χ2n) is 10.7. The van der Waals surface area contributed by atoms with Crippen molar-refractivity contribution in [3.8, 4) is 0 Å². The molecular formula is C27H37Cl2N3O4S. The zero-order valence-electron chi connectivity index (χ0n) is 22.5. The molecule has 0 aliphatic heterocycles. The monoisotopic (exact) mass is 569 g/mol. The van der Waals surface area contributed by atoms with Gasteiger partial charge >= 0.3 is 0 Å². The van der Waals surface area contributed by atoms with Crippen molar-refractivity contribution in [2.24, 2.45) is 5.92 Å². The van der Waals surface area contributed by atoms with Crippen LogP contribution in [0.5, 0.6) is 0 Å². The number of hydrogen-bond donors (Lipinski definition) is 1. The van der Waals surface area contributed by atoms with Crippen LogP contribution in [0.2, 0.25) is 10.0 Å². The van der Waals surface area contributed by atoms with Gasteiger partial charge in [-0.2, -0.15) is 0 Å². The maximum Gasteiger partial charge on any atom is 0.244 e. The first-order valence-electron chi connectivity index (χ1n) is 12.1. The Kier molecular flexibility index (Phi) is 10.5. The van der Waals surface area contributed by atoms with Crippen LogP contribution in [-0.2, 0) is 31.6 Å². The molecule has 0 heterocycles. The molecule has 0 aliphatic carbocycles. The molecule has 37 heavy (non-hydrogen) atoms. The van der Waals surface area contributed by atoms with Crippen LogP contribution >= 0.6 is 23.2 Å². The molecule has 0 aromatic heterocycles. The minimum Gasteiger partial charge on any atom is -0.354 e. The molecule has 2 rings (SSSR count). The number of rotatable bonds is 10. The number of carbonyl (C=O) groups excluding carboxylic acids is 2. The van der Waals surface area contributed by atoms with Gasteiger partial charge < -0.3 is 10.2 Å². The topological polar surface area (TPSA) is 86.8 Å². The summed E-state index contributed by atoms with van der Waals surface area (Å²) >= 11 is 12.2. The summed E-state index contributed by atoms with van der Waals surface area (Å²) < 4.78 is 26.5. The highest BCUT2D eigenvalue weighted by molar-refractivity contribution is 7.92. The van der Waals surface area contributed by atoms with E-state index in [1.165, 1.54) is 4.90 Å². The van der Waals surface area contributed by atoms with E-state index < -0.39 is 28.5 Å². The van der Waals surface area contributed by atoms with E-state index in [1.807, 2.05) is 26.0 Å². The highest BCUT2D eigenvalue weighted by atomic mass is 35.5. The first kappa shape index (κ1) is 30.9. The summed E-state index contributed by atoms with van der Waals surface area (Å²) in [5, 5.41) is 3.54. The predicted octanol–water partition coefficient (Wildman–Crippen LogP) is 5.25. The largest absolute Gasteiger partial charge is 0.354 e. The maximum atomic E-state index is 13.6. The third-order valence-corrected chi connectivity index (χ3v) is 7.77. The van der Waals surface area contributed by atoms with Crippen LogP contribution in [0.4, 0.5) is 5.69 Å². The maximum absolute atomic E-state index is 13.6. The Morgan fingerprint density at radius 1 is 0.973 bits per heavy atom. The van der Waals surface area contributed by atoms with E-state index in [1.54, 1.807) is 37.3 Å². The minimum absolute atomic E-state index is 0.0482. The summed E-state index contributed by atoms with van der Waals surface area (Å²) in [6.07, 6.45) is 1.06. The molecule has 204 valence electrons. The Labute approximate surface area is 231 Å². The van der Waals surface area contributed by atoms with E-state index in [0.717, 1.165) is 16.1 Å². The van der Waals surface area contributed by atoms with Crippen molar-refractivity contribution in [2.75, 3.05) is 23.7 Å². The van der Waals surface area contributed by atoms with Crippen molar-refractivity contribution < 1.29 is 18.0 Å². The Hall–Kier alpha value is -2.29. The van der Waals surface area contributed by atoms with Crippen molar-refractivity contribution in [3.05, 3.63) is 63.6 Å². The molecule has 0 radical (unpaired) electrons. The van der Waals surface area contributed by atoms with E-state index >= 15 is 0 Å². The fraction of sp³-hybridized carbons (Fsp3) is 0.481. The fourth-order valence-electron chi connectivity index (χ4n) is 3.61. The van der Waals surface area contributed by atoms with Crippen LogP contribution in [0.25, 0.3) is 0 Å². The molecule has 10 heteroatoms. The van der Waals surface area contributed by atoms with Crippen LogP contribution in [0.15, 0.2) is 42.5 Å². The van der Waals surface area contributed by atoms with Crippen molar-refractivity contribution in [3.63, 3.8) is 0 Å². The van der Waals surface area contributed by atoms with Crippen LogP contribution in [0, 0.1) is 5.92 Å². The number of nitrogens with zero attached hydrogens (tertiary/aromatic N) is 2. The predicted molar refractivity (Wildman–Crippen MR) is 152 cm³/mol. The first-order valence-corrected chi connectivity index (χ1v) is 14.7. The van der Waals surface area contributed by atoms with Crippen LogP contribution in [0.1, 0.15) is 52.7 Å². The molecule has 0 saturated carbocycles. The molecule has 0 fully saturated rings. The number of amides is 2. The standard InChI is InChI=1S/C27H37Cl2N3O4S/c1-18(2)15-30-26(34)19(3)31(16-20-8-13-23(28)24(29)14-20)25(33)17-32(37(7,35)36)22-11-9-21(10-12-22)27(4,5)6/h8-14,18-19H,15-17H2,1-7H3,(H,30,34)/t19-/m0/s1. The van der Waals surface area contributed by atoms with E-state index in [-0.39, 0.29) is 23.8 Å². The normalized spacial score (nSPS) is 12.8. The minimum atomic E-state index is -3.80. The SMILES string of the molecule is CC(C)CNC(=O)[C@H](C)N(Cc1ccc(Cl)c(Cl)c1)C(=O)CN(c1ccc(C(C)(C)C)cc1)S(C)(=O)=O. The molecule has 2 amide bonds. The lowest BCUT2D eigenvalue weighted by Gasteiger charge is -2.32. The molecule has 0 bridgehead atoms. The summed E-state index contributed by atoms with van der Waals surface area (Å²) in [6, 6.07) is 11.2. The quantitative estimate of drug-likeness (QED) is 0.423. The number of hydrogen-bond acceptors (Lipinski definition) is 4. The molecule has 0 aliphatic rings. The number of halogens is 2. The van der Waals surface area contributed by atoms with Gasteiger partial charge in [0.2, 0.25) is 21.8 Å². The second kappa shape index (κ2) is 12.5. The zero-order valence-corrected chi connectivity index (χ0v) is 24.8. The molecule has 2 aromatic carbocycles. The third-order valence-electron chi connectivity index (χ3n) is 5.89. The van der Waals surface area contributed by atoms with Gasteiger partial charge in [0.1, 0.15) is 12.6 Å². The van der Waals surface area contributed by atoms with Crippen molar-refractivity contribution in [1.82, 2.24) is 10.2 Å². The Balaban J connectivity index is 2.40. The van der Waals surface area contributed by atoms with Crippen LogP contribution in [-0.4, -0.2) is 50.5 Å². The lowest BCUT2D eigenvalue weighted by Crippen LogP contribution is -2.51. The van der Waals surface area contributed by atoms with Gasteiger partial charge in [-0.15, -0.1) is 0 Å². The number of carbonyl (C=O) groups is 2. The second-order valence-corrected chi connectivity index (χ2v) is 13.4. The zero-order chi connectivity index (χ0) is 28.1. The van der Waals surface area contributed by atoms with Gasteiger partial charge in [0.15, 0.2) is 0 Å². The van der Waals surface area contributed by atoms with E-state index in [0.29, 0.717) is 27.8 Å². The summed E-state index contributed by atoms with van der Waals surface area (Å²) in [6.45, 7) is 11.8. The van der Waals surface area contributed by atoms with E-state index in [9.17, 15) is 18.0 Å². The van der Waals surface area contributed by atoms with Crippen LogP contribution in [0.3, 0.4) is 0 Å². The van der Waals surface area contributed by atoms with E-state index in [4.69, 9.17) is 23.2 Å². The lowest BCUT2D eigenvalue weighted by molar-refractivity contribution is -0.139. The lowest BCUT2D eigenvalue weighted by atomic mass is 9.87. The van der Waals surface area contributed by atoms with Crippen molar-refractivity contribution in [1.29, 1.82) is 0 Å². The van der Waals surface area contributed by atoms with Gasteiger partial charge in [-0.3, -0.25) is 13.9 Å². The molecule has 0 spiro atoms. The average molecular weight is 571 g/mol. The summed E-state index contributed by atoms with van der Waals surface area (Å²) in [5.41, 5.74) is 1.95. The van der Waals surface area contributed by atoms with Gasteiger partial charge in [0.25, 0.3) is 0 Å². The van der Waals surface area contributed by atoms with Gasteiger partial charge in [0, 0.05) is 13.1 Å². The van der Waals surface area contributed by atoms with Gasteiger partial charge in [-0.1, -0.05) is 76.0 Å². The number of anilines is 1. The molecule has 7 nitrogen and oxygen atoms in total. The molecule has 1 N–H and O–H groups in total. The number of benzene rings is 2. The molecule has 1 atom stereocenters. The Morgan fingerprint density at radius 2 is 1.57 bits per heavy atom. The van der Waals surface area contributed by atoms with Crippen molar-refractivity contribution >= 4 is 50.7 Å². The first-order chi connectivity index (χ1) is 17.0. The highest BCUT2D eigenvalue weighted by Gasteiger charge is 2.30. The summed E-state index contributed by atoms with van der Waals surface area (Å²) in [7, 11) is -3.80. The molecule has 2 aromatic rings. The Morgan fingerprint density at radius 3 is 2.05 bits per heavy atom. The number of sulfonamides is 1. The summed E-state index contributed by atoms with van der Waals surface area (Å²) in [4.78, 5) is 27.9. The van der Waals surface area contributed by atoms with Gasteiger partial charge in [0.05, 0.1) is 22.0 Å². The fourth-order valence-corrected chi connectivity index (χ4v) is 4.78. The molecule has 0 unspecified atom stereocenters. The van der Waals surface area contributed by atoms with Crippen LogP contribution < -0.4 is 9.62 Å². The highest BCUT2D eigenvalue weighted by Crippen LogP contribution is 2.27. The van der Waals surface area contributed by atoms with Gasteiger partial charge in [-0.05, 0) is 53.6 Å². The van der Waals surface area contributed by atoms with Crippen molar-refractivity contribution in [2.45, 2.75) is 59.5 Å². The number of nitrogens with one attached hydrogen (secondary N) is 1. The smallest absolute Gasteiger partial charge is 0.244 e. The average Bonchev–Trinajstić information content (AvgIpc) is 2.79. The van der Waals surface area contributed by atoms with E-state index in [2.05, 4.69) is 26.1 Å². The molecule has 0 saturated heterocycles. The van der Waals surface area contributed by atoms with Gasteiger partial charge in [-0.25, -0.2) is 8.42 Å². The summed E-state index contributed by atoms with van der Waals surface area (Å²) in [5.74, 6) is -0.627. The molecular weight excluding hydrogens is 533 g/mol. The third kappa shape index (κ3) is 8.90.